The van der Waals surface area contributed by atoms with Gasteiger partial charge >= 0.3 is 5.97 Å². The van der Waals surface area contributed by atoms with Crippen LogP contribution in [0.25, 0.3) is 0 Å². The highest BCUT2D eigenvalue weighted by molar-refractivity contribution is 5.72. The summed E-state index contributed by atoms with van der Waals surface area (Å²) in [6.45, 7) is 2.78. The Hall–Kier alpha value is -1.39. The molecule has 1 unspecified atom stereocenters. The van der Waals surface area contributed by atoms with Crippen LogP contribution in [-0.2, 0) is 22.7 Å². The van der Waals surface area contributed by atoms with Crippen molar-refractivity contribution in [2.75, 3.05) is 7.11 Å². The number of hydrogen-bond donors (Lipinski definition) is 2. The summed E-state index contributed by atoms with van der Waals surface area (Å²) in [6, 6.07) is 7.36. The maximum Gasteiger partial charge on any atom is 0.320 e. The van der Waals surface area contributed by atoms with Gasteiger partial charge in [-0.25, -0.2) is 0 Å². The molecule has 16 heavy (non-hydrogen) atoms. The van der Waals surface area contributed by atoms with Crippen molar-refractivity contribution >= 4 is 5.97 Å². The number of nitrogens with one attached hydrogen (secondary N) is 1. The maximum absolute atomic E-state index is 10.6. The molecule has 0 bridgehead atoms. The van der Waals surface area contributed by atoms with Gasteiger partial charge in [0.2, 0.25) is 0 Å². The van der Waals surface area contributed by atoms with Crippen molar-refractivity contribution in [1.29, 1.82) is 0 Å². The fourth-order valence-corrected chi connectivity index (χ4v) is 1.28. The topological polar surface area (TPSA) is 58.6 Å². The fourth-order valence-electron chi connectivity index (χ4n) is 1.28. The van der Waals surface area contributed by atoms with Crippen LogP contribution >= 0.6 is 0 Å². The Morgan fingerprint density at radius 1 is 1.38 bits per heavy atom. The summed E-state index contributed by atoms with van der Waals surface area (Å²) in [4.78, 5) is 10.6. The molecule has 4 nitrogen and oxygen atoms in total. The molecule has 1 aromatic carbocycles. The number of hydrogen-bond acceptors (Lipinski definition) is 3. The van der Waals surface area contributed by atoms with E-state index in [1.165, 1.54) is 0 Å². The Balaban J connectivity index is 2.46. The van der Waals surface area contributed by atoms with Crippen LogP contribution in [0.3, 0.4) is 0 Å². The van der Waals surface area contributed by atoms with E-state index in [2.05, 4.69) is 5.32 Å². The molecular weight excluding hydrogens is 206 g/mol. The molecule has 0 fully saturated rings. The zero-order chi connectivity index (χ0) is 12.0. The zero-order valence-electron chi connectivity index (χ0n) is 9.56. The third-order valence-corrected chi connectivity index (χ3v) is 2.32. The number of carboxylic acid groups (broad SMARTS) is 1. The normalized spacial score (nSPS) is 12.4. The lowest BCUT2D eigenvalue weighted by atomic mass is 10.1. The molecule has 0 saturated heterocycles. The molecule has 0 spiro atoms. The number of methoxy groups -OCH3 is 1. The van der Waals surface area contributed by atoms with Crippen molar-refractivity contribution < 1.29 is 14.6 Å². The van der Waals surface area contributed by atoms with E-state index < -0.39 is 12.0 Å². The third-order valence-electron chi connectivity index (χ3n) is 2.32. The number of aliphatic carboxylic acids is 1. The Labute approximate surface area is 95.2 Å². The van der Waals surface area contributed by atoms with E-state index in [9.17, 15) is 4.79 Å². The van der Waals surface area contributed by atoms with Crippen LogP contribution in [-0.4, -0.2) is 24.2 Å². The number of carboxylic acids is 1. The molecule has 0 heterocycles. The van der Waals surface area contributed by atoms with Crippen LogP contribution in [0.1, 0.15) is 18.1 Å². The second-order valence-electron chi connectivity index (χ2n) is 3.69. The molecule has 1 atom stereocenters. The smallest absolute Gasteiger partial charge is 0.320 e. The molecule has 0 aliphatic rings. The SMILES string of the molecule is COCc1ccc(CNC(C)C(=O)O)cc1. The van der Waals surface area contributed by atoms with Gasteiger partial charge in [0.25, 0.3) is 0 Å². The number of rotatable bonds is 6. The average molecular weight is 223 g/mol. The lowest BCUT2D eigenvalue weighted by molar-refractivity contribution is -0.139. The van der Waals surface area contributed by atoms with E-state index in [4.69, 9.17) is 9.84 Å². The standard InChI is InChI=1S/C12H17NO3/c1-9(12(14)15)13-7-10-3-5-11(6-4-10)8-16-2/h3-6,9,13H,7-8H2,1-2H3,(H,14,15). The first-order chi connectivity index (χ1) is 7.63. The molecule has 0 aromatic heterocycles. The lowest BCUT2D eigenvalue weighted by Crippen LogP contribution is -2.33. The van der Waals surface area contributed by atoms with Gasteiger partial charge in [-0.3, -0.25) is 4.79 Å². The van der Waals surface area contributed by atoms with E-state index in [1.54, 1.807) is 14.0 Å². The van der Waals surface area contributed by atoms with Crippen molar-refractivity contribution in [3.05, 3.63) is 35.4 Å². The molecule has 1 rings (SSSR count). The monoisotopic (exact) mass is 223 g/mol. The summed E-state index contributed by atoms with van der Waals surface area (Å²) in [5.74, 6) is -0.837. The lowest BCUT2D eigenvalue weighted by Gasteiger charge is -2.09. The first-order valence-corrected chi connectivity index (χ1v) is 5.16. The number of carbonyl (C=O) groups is 1. The van der Waals surface area contributed by atoms with Crippen molar-refractivity contribution in [3.8, 4) is 0 Å². The van der Waals surface area contributed by atoms with Crippen LogP contribution in [0.5, 0.6) is 0 Å². The summed E-state index contributed by atoms with van der Waals surface area (Å²) in [5.41, 5.74) is 2.17. The summed E-state index contributed by atoms with van der Waals surface area (Å²) in [5, 5.41) is 11.6. The minimum atomic E-state index is -0.837. The molecular formula is C12H17NO3. The molecule has 0 aliphatic carbocycles. The molecule has 0 amide bonds. The molecule has 0 radical (unpaired) electrons. The van der Waals surface area contributed by atoms with E-state index >= 15 is 0 Å². The summed E-state index contributed by atoms with van der Waals surface area (Å²) >= 11 is 0. The first kappa shape index (κ1) is 12.7. The summed E-state index contributed by atoms with van der Waals surface area (Å²) in [6.07, 6.45) is 0. The Bertz CT molecular complexity index is 335. The maximum atomic E-state index is 10.6. The molecule has 1 aromatic rings. The molecule has 88 valence electrons. The number of ether oxygens (including phenoxy) is 1. The second-order valence-corrected chi connectivity index (χ2v) is 3.69. The van der Waals surface area contributed by atoms with Gasteiger partial charge in [0.15, 0.2) is 0 Å². The predicted octanol–water partition coefficient (Wildman–Crippen LogP) is 1.40. The Morgan fingerprint density at radius 3 is 2.44 bits per heavy atom. The van der Waals surface area contributed by atoms with E-state index in [0.29, 0.717) is 13.2 Å². The number of benzene rings is 1. The van der Waals surface area contributed by atoms with Crippen LogP contribution in [0.4, 0.5) is 0 Å². The van der Waals surface area contributed by atoms with Gasteiger partial charge in [-0.05, 0) is 18.1 Å². The Kier molecular flexibility index (Phi) is 4.95. The quantitative estimate of drug-likeness (QED) is 0.765. The summed E-state index contributed by atoms with van der Waals surface area (Å²) in [7, 11) is 1.66. The van der Waals surface area contributed by atoms with Crippen molar-refractivity contribution in [2.45, 2.75) is 26.1 Å². The highest BCUT2D eigenvalue weighted by atomic mass is 16.5. The highest BCUT2D eigenvalue weighted by Crippen LogP contribution is 2.05. The average Bonchev–Trinajstić information content (AvgIpc) is 2.28. The van der Waals surface area contributed by atoms with Gasteiger partial charge in [0.05, 0.1) is 6.61 Å². The van der Waals surface area contributed by atoms with Crippen molar-refractivity contribution in [1.82, 2.24) is 5.32 Å². The molecule has 0 saturated carbocycles. The Morgan fingerprint density at radius 2 is 1.94 bits per heavy atom. The van der Waals surface area contributed by atoms with Crippen molar-refractivity contribution in [2.24, 2.45) is 0 Å². The fraction of sp³-hybridized carbons (Fsp3) is 0.417. The van der Waals surface area contributed by atoms with Gasteiger partial charge < -0.3 is 15.2 Å². The third kappa shape index (κ3) is 4.00. The van der Waals surface area contributed by atoms with E-state index in [-0.39, 0.29) is 0 Å². The van der Waals surface area contributed by atoms with Crippen molar-refractivity contribution in [3.63, 3.8) is 0 Å². The molecule has 0 aliphatic heterocycles. The molecule has 4 heteroatoms. The predicted molar refractivity (Wildman–Crippen MR) is 61.1 cm³/mol. The van der Waals surface area contributed by atoms with Crippen LogP contribution in [0, 0.1) is 0 Å². The van der Waals surface area contributed by atoms with E-state index in [1.807, 2.05) is 24.3 Å². The second kappa shape index (κ2) is 6.25. The first-order valence-electron chi connectivity index (χ1n) is 5.16. The molecule has 2 N–H and O–H groups in total. The minimum Gasteiger partial charge on any atom is -0.480 e. The van der Waals surface area contributed by atoms with Gasteiger partial charge in [-0.1, -0.05) is 24.3 Å². The van der Waals surface area contributed by atoms with Gasteiger partial charge in [0.1, 0.15) is 6.04 Å². The van der Waals surface area contributed by atoms with Crippen LogP contribution < -0.4 is 5.32 Å². The zero-order valence-corrected chi connectivity index (χ0v) is 9.56. The van der Waals surface area contributed by atoms with Gasteiger partial charge in [-0.15, -0.1) is 0 Å². The highest BCUT2D eigenvalue weighted by Gasteiger charge is 2.08. The summed E-state index contributed by atoms with van der Waals surface area (Å²) < 4.78 is 5.00. The van der Waals surface area contributed by atoms with Gasteiger partial charge in [-0.2, -0.15) is 0 Å². The van der Waals surface area contributed by atoms with E-state index in [0.717, 1.165) is 11.1 Å². The van der Waals surface area contributed by atoms with Crippen LogP contribution in [0.15, 0.2) is 24.3 Å². The minimum absolute atomic E-state index is 0.529. The largest absolute Gasteiger partial charge is 0.480 e. The van der Waals surface area contributed by atoms with Gasteiger partial charge in [0, 0.05) is 13.7 Å². The van der Waals surface area contributed by atoms with Crippen LogP contribution in [0.2, 0.25) is 0 Å².